The molecule has 0 saturated heterocycles. The van der Waals surface area contributed by atoms with Crippen LogP contribution >= 0.6 is 11.6 Å². The van der Waals surface area contributed by atoms with Gasteiger partial charge in [0.1, 0.15) is 5.15 Å². The van der Waals surface area contributed by atoms with Crippen LogP contribution in [0.4, 0.5) is 0 Å². The summed E-state index contributed by atoms with van der Waals surface area (Å²) < 4.78 is 0. The van der Waals surface area contributed by atoms with Crippen LogP contribution in [0.1, 0.15) is 18.9 Å². The second kappa shape index (κ2) is 7.19. The topological polar surface area (TPSA) is 54.0 Å². The van der Waals surface area contributed by atoms with Gasteiger partial charge >= 0.3 is 0 Å². The minimum absolute atomic E-state index is 0.00172. The number of nitrogens with one attached hydrogen (secondary N) is 2. The van der Waals surface area contributed by atoms with Gasteiger partial charge in [0.2, 0.25) is 5.91 Å². The van der Waals surface area contributed by atoms with Crippen molar-refractivity contribution in [1.29, 1.82) is 0 Å². The first-order chi connectivity index (χ1) is 7.74. The molecule has 1 aromatic rings. The van der Waals surface area contributed by atoms with Gasteiger partial charge in [-0.3, -0.25) is 4.79 Å². The molecule has 0 saturated carbocycles. The summed E-state index contributed by atoms with van der Waals surface area (Å²) in [5.41, 5.74) is 0.896. The quantitative estimate of drug-likeness (QED) is 0.740. The molecule has 0 spiro atoms. The summed E-state index contributed by atoms with van der Waals surface area (Å²) in [7, 11) is 0. The molecule has 0 atom stereocenters. The molecule has 88 valence electrons. The van der Waals surface area contributed by atoms with Crippen molar-refractivity contribution in [3.05, 3.63) is 29.0 Å². The number of hydrogen-bond donors (Lipinski definition) is 2. The molecule has 0 aromatic carbocycles. The van der Waals surface area contributed by atoms with Gasteiger partial charge in [0.15, 0.2) is 0 Å². The van der Waals surface area contributed by atoms with Gasteiger partial charge in [-0.25, -0.2) is 4.98 Å². The Labute approximate surface area is 100 Å². The van der Waals surface area contributed by atoms with E-state index in [2.05, 4.69) is 15.6 Å². The minimum atomic E-state index is 0.00172. The van der Waals surface area contributed by atoms with Crippen molar-refractivity contribution in [2.24, 2.45) is 0 Å². The van der Waals surface area contributed by atoms with E-state index >= 15 is 0 Å². The fourth-order valence-corrected chi connectivity index (χ4v) is 1.37. The normalized spacial score (nSPS) is 10.1. The van der Waals surface area contributed by atoms with Crippen molar-refractivity contribution >= 4 is 17.5 Å². The summed E-state index contributed by atoms with van der Waals surface area (Å²) in [5, 5.41) is 6.27. The van der Waals surface area contributed by atoms with Crippen molar-refractivity contribution < 1.29 is 4.79 Å². The van der Waals surface area contributed by atoms with Gasteiger partial charge < -0.3 is 10.6 Å². The van der Waals surface area contributed by atoms with Crippen molar-refractivity contribution in [2.45, 2.75) is 19.9 Å². The molecule has 1 rings (SSSR count). The number of hydrogen-bond acceptors (Lipinski definition) is 3. The molecule has 0 unspecified atom stereocenters. The molecule has 5 heteroatoms. The van der Waals surface area contributed by atoms with Crippen molar-refractivity contribution in [1.82, 2.24) is 15.6 Å². The Morgan fingerprint density at radius 3 is 3.06 bits per heavy atom. The first kappa shape index (κ1) is 12.9. The molecule has 1 amide bonds. The highest BCUT2D eigenvalue weighted by atomic mass is 35.5. The lowest BCUT2D eigenvalue weighted by Crippen LogP contribution is -2.34. The van der Waals surface area contributed by atoms with Crippen molar-refractivity contribution in [3.8, 4) is 0 Å². The Kier molecular flexibility index (Phi) is 5.82. The third-order valence-electron chi connectivity index (χ3n) is 2.01. The molecule has 0 fully saturated rings. The monoisotopic (exact) mass is 241 g/mol. The van der Waals surface area contributed by atoms with Crippen LogP contribution in [-0.2, 0) is 11.3 Å². The second-order valence-corrected chi connectivity index (χ2v) is 3.76. The SMILES string of the molecule is CCCNC(=O)CNCc1cccnc1Cl. The Morgan fingerprint density at radius 2 is 2.38 bits per heavy atom. The van der Waals surface area contributed by atoms with Gasteiger partial charge in [-0.15, -0.1) is 0 Å². The van der Waals surface area contributed by atoms with Crippen molar-refractivity contribution in [2.75, 3.05) is 13.1 Å². The summed E-state index contributed by atoms with van der Waals surface area (Å²) >= 11 is 5.87. The van der Waals surface area contributed by atoms with Crippen LogP contribution in [-0.4, -0.2) is 24.0 Å². The van der Waals surface area contributed by atoms with E-state index in [1.54, 1.807) is 6.20 Å². The number of carbonyl (C=O) groups excluding carboxylic acids is 1. The van der Waals surface area contributed by atoms with Crippen LogP contribution < -0.4 is 10.6 Å². The zero-order chi connectivity index (χ0) is 11.8. The standard InChI is InChI=1S/C11H16ClN3O/c1-2-5-14-10(16)8-13-7-9-4-3-6-15-11(9)12/h3-4,6,13H,2,5,7-8H2,1H3,(H,14,16). The van der Waals surface area contributed by atoms with E-state index < -0.39 is 0 Å². The number of pyridine rings is 1. The van der Waals surface area contributed by atoms with E-state index in [1.807, 2.05) is 19.1 Å². The Bertz CT molecular complexity index is 344. The molecule has 0 aliphatic heterocycles. The number of nitrogens with zero attached hydrogens (tertiary/aromatic N) is 1. The highest BCUT2D eigenvalue weighted by Gasteiger charge is 2.02. The lowest BCUT2D eigenvalue weighted by molar-refractivity contribution is -0.120. The van der Waals surface area contributed by atoms with Gasteiger partial charge in [-0.1, -0.05) is 24.6 Å². The van der Waals surface area contributed by atoms with E-state index in [0.717, 1.165) is 12.0 Å². The van der Waals surface area contributed by atoms with Gasteiger partial charge in [-0.2, -0.15) is 0 Å². The van der Waals surface area contributed by atoms with Crippen LogP contribution in [0.2, 0.25) is 5.15 Å². The maximum atomic E-state index is 11.3. The molecule has 0 aliphatic carbocycles. The largest absolute Gasteiger partial charge is 0.355 e. The molecule has 4 nitrogen and oxygen atoms in total. The lowest BCUT2D eigenvalue weighted by atomic mass is 10.3. The maximum absolute atomic E-state index is 11.3. The number of aromatic nitrogens is 1. The number of amides is 1. The molecule has 0 radical (unpaired) electrons. The molecule has 1 heterocycles. The van der Waals surface area contributed by atoms with Crippen LogP contribution in [0.25, 0.3) is 0 Å². The predicted octanol–water partition coefficient (Wildman–Crippen LogP) is 1.35. The Balaban J connectivity index is 2.25. The predicted molar refractivity (Wildman–Crippen MR) is 64.3 cm³/mol. The molecule has 0 aliphatic rings. The fraction of sp³-hybridized carbons (Fsp3) is 0.455. The molecule has 2 N–H and O–H groups in total. The average Bonchev–Trinajstić information content (AvgIpc) is 2.29. The fourth-order valence-electron chi connectivity index (χ4n) is 1.19. The molecule has 1 aromatic heterocycles. The summed E-state index contributed by atoms with van der Waals surface area (Å²) in [4.78, 5) is 15.2. The van der Waals surface area contributed by atoms with Gasteiger partial charge in [0.05, 0.1) is 6.54 Å². The van der Waals surface area contributed by atoms with Crippen LogP contribution in [0.5, 0.6) is 0 Å². The van der Waals surface area contributed by atoms with E-state index in [1.165, 1.54) is 0 Å². The zero-order valence-corrected chi connectivity index (χ0v) is 10.0. The maximum Gasteiger partial charge on any atom is 0.233 e. The minimum Gasteiger partial charge on any atom is -0.355 e. The second-order valence-electron chi connectivity index (χ2n) is 3.41. The zero-order valence-electron chi connectivity index (χ0n) is 9.29. The number of rotatable bonds is 6. The molecular formula is C11H16ClN3O. The molecular weight excluding hydrogens is 226 g/mol. The summed E-state index contributed by atoms with van der Waals surface area (Å²) in [6.07, 6.45) is 2.58. The number of carbonyl (C=O) groups is 1. The highest BCUT2D eigenvalue weighted by molar-refractivity contribution is 6.30. The van der Waals surface area contributed by atoms with E-state index in [4.69, 9.17) is 11.6 Å². The van der Waals surface area contributed by atoms with E-state index in [9.17, 15) is 4.79 Å². The smallest absolute Gasteiger partial charge is 0.233 e. The average molecular weight is 242 g/mol. The van der Waals surface area contributed by atoms with Gasteiger partial charge in [0.25, 0.3) is 0 Å². The third-order valence-corrected chi connectivity index (χ3v) is 2.35. The molecule has 16 heavy (non-hydrogen) atoms. The van der Waals surface area contributed by atoms with E-state index in [-0.39, 0.29) is 5.91 Å². The Morgan fingerprint density at radius 1 is 1.56 bits per heavy atom. The number of halogens is 1. The first-order valence-corrected chi connectivity index (χ1v) is 5.68. The van der Waals surface area contributed by atoms with Crippen LogP contribution in [0.3, 0.4) is 0 Å². The van der Waals surface area contributed by atoms with Gasteiger partial charge in [0, 0.05) is 24.8 Å². The first-order valence-electron chi connectivity index (χ1n) is 5.31. The van der Waals surface area contributed by atoms with Crippen LogP contribution in [0.15, 0.2) is 18.3 Å². The summed E-state index contributed by atoms with van der Waals surface area (Å²) in [6, 6.07) is 3.70. The Hall–Kier alpha value is -1.13. The third kappa shape index (κ3) is 4.59. The lowest BCUT2D eigenvalue weighted by Gasteiger charge is -2.06. The van der Waals surface area contributed by atoms with E-state index in [0.29, 0.717) is 24.8 Å². The van der Waals surface area contributed by atoms with Crippen LogP contribution in [0, 0.1) is 0 Å². The van der Waals surface area contributed by atoms with Crippen molar-refractivity contribution in [3.63, 3.8) is 0 Å². The molecule has 0 bridgehead atoms. The highest BCUT2D eigenvalue weighted by Crippen LogP contribution is 2.10. The summed E-state index contributed by atoms with van der Waals surface area (Å²) in [5.74, 6) is 0.00172. The van der Waals surface area contributed by atoms with Gasteiger partial charge in [-0.05, 0) is 12.5 Å². The summed E-state index contributed by atoms with van der Waals surface area (Å²) in [6.45, 7) is 3.58.